The second-order valence-corrected chi connectivity index (χ2v) is 7.28. The summed E-state index contributed by atoms with van der Waals surface area (Å²) in [6.07, 6.45) is 7.97. The fourth-order valence-electron chi connectivity index (χ4n) is 4.30. The summed E-state index contributed by atoms with van der Waals surface area (Å²) >= 11 is 0. The topological polar surface area (TPSA) is 52.0 Å². The van der Waals surface area contributed by atoms with Gasteiger partial charge in [-0.1, -0.05) is 43.2 Å². The lowest BCUT2D eigenvalue weighted by atomic mass is 9.78. The number of hydrogen-bond donors (Lipinski definition) is 0. The molecule has 0 saturated heterocycles. The molecule has 1 saturated carbocycles. The molecule has 4 heteroatoms. The molecule has 4 nitrogen and oxygen atoms in total. The smallest absolute Gasteiger partial charge is 0.218 e. The number of ketones is 1. The highest BCUT2D eigenvalue weighted by molar-refractivity contribution is 5.96. The van der Waals surface area contributed by atoms with Crippen molar-refractivity contribution < 1.29 is 4.79 Å². The number of carbonyl (C=O) groups is 1. The maximum Gasteiger partial charge on any atom is 0.218 e. The second kappa shape index (κ2) is 6.52. The van der Waals surface area contributed by atoms with Crippen molar-refractivity contribution in [3.05, 3.63) is 76.2 Å². The van der Waals surface area contributed by atoms with Crippen molar-refractivity contribution in [2.24, 2.45) is 0 Å². The minimum atomic E-state index is -0.274. The Balaban J connectivity index is 1.90. The van der Waals surface area contributed by atoms with Crippen LogP contribution in [0.25, 0.3) is 11.0 Å². The first kappa shape index (κ1) is 16.7. The molecule has 2 aromatic heterocycles. The summed E-state index contributed by atoms with van der Waals surface area (Å²) in [6.45, 7) is 2.19. The average Bonchev–Trinajstić information content (AvgIpc) is 3.14. The molecular weight excluding hydrogens is 324 g/mol. The number of hydrogen-bond acceptors (Lipinski definition) is 3. The molecular formula is C22H22N2O2. The van der Waals surface area contributed by atoms with Gasteiger partial charge in [0.15, 0.2) is 5.78 Å². The van der Waals surface area contributed by atoms with Crippen molar-refractivity contribution in [2.75, 3.05) is 0 Å². The Kier molecular flexibility index (Phi) is 4.19. The Morgan fingerprint density at radius 1 is 1.12 bits per heavy atom. The molecule has 1 aliphatic carbocycles. The summed E-state index contributed by atoms with van der Waals surface area (Å²) in [4.78, 5) is 28.9. The van der Waals surface area contributed by atoms with Gasteiger partial charge in [0.1, 0.15) is 5.52 Å². The lowest BCUT2D eigenvalue weighted by molar-refractivity contribution is 0.101. The van der Waals surface area contributed by atoms with Crippen molar-refractivity contribution in [3.8, 4) is 0 Å². The van der Waals surface area contributed by atoms with Gasteiger partial charge in [-0.25, -0.2) is 0 Å². The van der Waals surface area contributed by atoms with E-state index in [1.54, 1.807) is 12.4 Å². The van der Waals surface area contributed by atoms with Gasteiger partial charge >= 0.3 is 0 Å². The third kappa shape index (κ3) is 2.75. The molecule has 132 valence electrons. The number of pyridine rings is 2. The standard InChI is InChI=1S/C22H22N2O2/c1-16(25)18-14-24(19-10-7-13-23-20(19)21(18)26)15-22(11-5-6-12-22)17-8-3-2-4-9-17/h2-4,7-10,13-14H,5-6,11-12,15H2,1H3. The maximum atomic E-state index is 12.6. The summed E-state index contributed by atoms with van der Waals surface area (Å²) in [6, 6.07) is 14.4. The van der Waals surface area contributed by atoms with Crippen molar-refractivity contribution in [3.63, 3.8) is 0 Å². The average molecular weight is 346 g/mol. The lowest BCUT2D eigenvalue weighted by Crippen LogP contribution is -2.30. The number of nitrogens with zero attached hydrogens (tertiary/aromatic N) is 2. The molecule has 2 heterocycles. The Morgan fingerprint density at radius 3 is 2.54 bits per heavy atom. The van der Waals surface area contributed by atoms with Crippen LogP contribution in [0, 0.1) is 0 Å². The maximum absolute atomic E-state index is 12.6. The molecule has 4 rings (SSSR count). The predicted molar refractivity (Wildman–Crippen MR) is 103 cm³/mol. The van der Waals surface area contributed by atoms with Gasteiger partial charge in [-0.15, -0.1) is 0 Å². The van der Waals surface area contributed by atoms with Gasteiger partial charge < -0.3 is 4.57 Å². The molecule has 0 spiro atoms. The Bertz CT molecular complexity index is 1020. The summed E-state index contributed by atoms with van der Waals surface area (Å²) in [5.41, 5.74) is 2.48. The van der Waals surface area contributed by atoms with Gasteiger partial charge in [-0.2, -0.15) is 0 Å². The molecule has 0 aliphatic heterocycles. The number of rotatable bonds is 4. The third-order valence-corrected chi connectivity index (χ3v) is 5.64. The van der Waals surface area contributed by atoms with Gasteiger partial charge in [0.05, 0.1) is 11.1 Å². The van der Waals surface area contributed by atoms with E-state index in [1.165, 1.54) is 25.3 Å². The zero-order chi connectivity index (χ0) is 18.1. The van der Waals surface area contributed by atoms with Crippen molar-refractivity contribution >= 4 is 16.8 Å². The number of carbonyl (C=O) groups excluding carboxylic acids is 1. The van der Waals surface area contributed by atoms with E-state index in [4.69, 9.17) is 0 Å². The van der Waals surface area contributed by atoms with Crippen LogP contribution in [0.2, 0.25) is 0 Å². The van der Waals surface area contributed by atoms with Crippen LogP contribution in [0.4, 0.5) is 0 Å². The fraction of sp³-hybridized carbons (Fsp3) is 0.318. The van der Waals surface area contributed by atoms with E-state index in [2.05, 4.69) is 33.8 Å². The van der Waals surface area contributed by atoms with Gasteiger partial charge in [0, 0.05) is 24.4 Å². The van der Waals surface area contributed by atoms with Gasteiger partial charge in [0.25, 0.3) is 0 Å². The summed E-state index contributed by atoms with van der Waals surface area (Å²) in [5, 5.41) is 0. The van der Waals surface area contributed by atoms with Gasteiger partial charge in [-0.05, 0) is 37.5 Å². The SMILES string of the molecule is CC(=O)c1cn(CC2(c3ccccc3)CCCC2)c2cccnc2c1=O. The second-order valence-electron chi connectivity index (χ2n) is 7.28. The van der Waals surface area contributed by atoms with Crippen LogP contribution < -0.4 is 5.43 Å². The largest absolute Gasteiger partial charge is 0.344 e. The zero-order valence-corrected chi connectivity index (χ0v) is 14.9. The Hall–Kier alpha value is -2.75. The summed E-state index contributed by atoms with van der Waals surface area (Å²) < 4.78 is 2.07. The third-order valence-electron chi connectivity index (χ3n) is 5.64. The van der Waals surface area contributed by atoms with Crippen LogP contribution in [0.1, 0.15) is 48.5 Å². The number of benzene rings is 1. The van der Waals surface area contributed by atoms with Crippen molar-refractivity contribution in [2.45, 2.75) is 44.6 Å². The minimum absolute atomic E-state index is 0.0349. The van der Waals surface area contributed by atoms with Crippen LogP contribution in [-0.2, 0) is 12.0 Å². The first-order valence-corrected chi connectivity index (χ1v) is 9.15. The zero-order valence-electron chi connectivity index (χ0n) is 14.9. The van der Waals surface area contributed by atoms with E-state index in [0.29, 0.717) is 5.52 Å². The Morgan fingerprint density at radius 2 is 1.85 bits per heavy atom. The molecule has 0 bridgehead atoms. The molecule has 26 heavy (non-hydrogen) atoms. The van der Waals surface area contributed by atoms with E-state index in [-0.39, 0.29) is 22.2 Å². The highest BCUT2D eigenvalue weighted by Crippen LogP contribution is 2.42. The summed E-state index contributed by atoms with van der Waals surface area (Å²) in [5.74, 6) is -0.212. The number of fused-ring (bicyclic) bond motifs is 1. The molecule has 1 aliphatic rings. The van der Waals surface area contributed by atoms with Gasteiger partial charge in [-0.3, -0.25) is 14.6 Å². The highest BCUT2D eigenvalue weighted by Gasteiger charge is 2.36. The minimum Gasteiger partial charge on any atom is -0.344 e. The van der Waals surface area contributed by atoms with E-state index >= 15 is 0 Å². The quantitative estimate of drug-likeness (QED) is 0.668. The van der Waals surface area contributed by atoms with Crippen LogP contribution in [0.3, 0.4) is 0 Å². The normalized spacial score (nSPS) is 16.0. The number of Topliss-reactive ketones (excluding diaryl/α,β-unsaturated/α-hetero) is 1. The molecule has 0 amide bonds. The molecule has 0 unspecified atom stereocenters. The van der Waals surface area contributed by atoms with Gasteiger partial charge in [0.2, 0.25) is 5.43 Å². The van der Waals surface area contributed by atoms with Crippen LogP contribution in [0.15, 0.2) is 59.7 Å². The van der Waals surface area contributed by atoms with Crippen LogP contribution >= 0.6 is 0 Å². The molecule has 0 atom stereocenters. The van der Waals surface area contributed by atoms with Crippen LogP contribution in [0.5, 0.6) is 0 Å². The first-order chi connectivity index (χ1) is 12.6. The fourth-order valence-corrected chi connectivity index (χ4v) is 4.30. The molecule has 0 radical (unpaired) electrons. The van der Waals surface area contributed by atoms with E-state index in [9.17, 15) is 9.59 Å². The van der Waals surface area contributed by atoms with Crippen LogP contribution in [-0.4, -0.2) is 15.3 Å². The first-order valence-electron chi connectivity index (χ1n) is 9.15. The van der Waals surface area contributed by atoms with Crippen molar-refractivity contribution in [1.82, 2.24) is 9.55 Å². The molecule has 1 aromatic carbocycles. The predicted octanol–water partition coefficient (Wildman–Crippen LogP) is 4.11. The van der Waals surface area contributed by atoms with Crippen molar-refractivity contribution in [1.29, 1.82) is 0 Å². The molecule has 1 fully saturated rings. The molecule has 0 N–H and O–H groups in total. The summed E-state index contributed by atoms with van der Waals surface area (Å²) in [7, 11) is 0. The number of aromatic nitrogens is 2. The molecule has 3 aromatic rings. The van der Waals surface area contributed by atoms with E-state index in [1.807, 2.05) is 18.2 Å². The van der Waals surface area contributed by atoms with E-state index in [0.717, 1.165) is 24.9 Å². The van der Waals surface area contributed by atoms with E-state index < -0.39 is 0 Å². The lowest BCUT2D eigenvalue weighted by Gasteiger charge is -2.31. The highest BCUT2D eigenvalue weighted by atomic mass is 16.1. The Labute approximate surface area is 152 Å². The monoisotopic (exact) mass is 346 g/mol.